The van der Waals surface area contributed by atoms with E-state index in [0.717, 1.165) is 37.3 Å². The maximum absolute atomic E-state index is 15.2. The van der Waals surface area contributed by atoms with Crippen LogP contribution in [0.5, 0.6) is 0 Å². The lowest BCUT2D eigenvalue weighted by Gasteiger charge is -2.36. The number of ether oxygens (including phenoxy) is 1. The highest BCUT2D eigenvalue weighted by Crippen LogP contribution is 2.39. The molecule has 3 atom stereocenters. The molecule has 43 heavy (non-hydrogen) atoms. The van der Waals surface area contributed by atoms with E-state index in [0.29, 0.717) is 26.1 Å². The van der Waals surface area contributed by atoms with Crippen LogP contribution in [-0.4, -0.2) is 69.3 Å². The number of sulfonamides is 1. The van der Waals surface area contributed by atoms with Crippen molar-refractivity contribution < 1.29 is 31.1 Å². The van der Waals surface area contributed by atoms with E-state index < -0.39 is 51.4 Å². The SMILES string of the molecule is CCCS(=O)(=O)N1CCNC[C@@H]1CCc1c(NC(=O)[C@@H](N)[C@@H](c2ccc(F)cc2)C2CCC(OC)CC2)ccc(F)c1F. The Labute approximate surface area is 252 Å². The molecule has 0 bridgehead atoms. The Morgan fingerprint density at radius 3 is 2.47 bits per heavy atom. The zero-order chi connectivity index (χ0) is 31.1. The van der Waals surface area contributed by atoms with Gasteiger partial charge in [0.25, 0.3) is 0 Å². The molecular formula is C31H43F3N4O4S. The zero-order valence-electron chi connectivity index (χ0n) is 24.8. The summed E-state index contributed by atoms with van der Waals surface area (Å²) in [6.45, 7) is 2.99. The third kappa shape index (κ3) is 8.16. The number of halogens is 3. The minimum atomic E-state index is -3.49. The minimum Gasteiger partial charge on any atom is -0.381 e. The Hall–Kier alpha value is -2.51. The second kappa shape index (κ2) is 15.0. The molecule has 1 aliphatic heterocycles. The fourth-order valence-electron chi connectivity index (χ4n) is 6.52. The lowest BCUT2D eigenvalue weighted by Crippen LogP contribution is -2.54. The van der Waals surface area contributed by atoms with Crippen molar-refractivity contribution in [3.05, 3.63) is 65.0 Å². The number of piperazine rings is 1. The topological polar surface area (TPSA) is 114 Å². The van der Waals surface area contributed by atoms with E-state index >= 15 is 4.39 Å². The first-order valence-electron chi connectivity index (χ1n) is 15.1. The number of benzene rings is 2. The van der Waals surface area contributed by atoms with Crippen LogP contribution in [0.2, 0.25) is 0 Å². The maximum atomic E-state index is 15.2. The number of hydrogen-bond donors (Lipinski definition) is 3. The van der Waals surface area contributed by atoms with Gasteiger partial charge in [0.2, 0.25) is 15.9 Å². The summed E-state index contributed by atoms with van der Waals surface area (Å²) in [4.78, 5) is 13.6. The van der Waals surface area contributed by atoms with Crippen molar-refractivity contribution in [3.63, 3.8) is 0 Å². The Bertz CT molecular complexity index is 1340. The van der Waals surface area contributed by atoms with Crippen LogP contribution in [0.1, 0.15) is 62.5 Å². The molecule has 2 fully saturated rings. The molecule has 4 N–H and O–H groups in total. The molecule has 12 heteroatoms. The van der Waals surface area contributed by atoms with Crippen LogP contribution in [0, 0.1) is 23.4 Å². The van der Waals surface area contributed by atoms with E-state index in [4.69, 9.17) is 10.5 Å². The highest BCUT2D eigenvalue weighted by Gasteiger charge is 2.36. The molecule has 0 aromatic heterocycles. The molecule has 0 radical (unpaired) electrons. The van der Waals surface area contributed by atoms with Gasteiger partial charge in [0, 0.05) is 50.0 Å². The predicted molar refractivity (Wildman–Crippen MR) is 161 cm³/mol. The largest absolute Gasteiger partial charge is 0.381 e. The van der Waals surface area contributed by atoms with E-state index in [1.165, 1.54) is 22.5 Å². The molecular weight excluding hydrogens is 581 g/mol. The average Bonchev–Trinajstić information content (AvgIpc) is 3.00. The number of rotatable bonds is 12. The van der Waals surface area contributed by atoms with Crippen LogP contribution >= 0.6 is 0 Å². The van der Waals surface area contributed by atoms with Crippen molar-refractivity contribution in [3.8, 4) is 0 Å². The monoisotopic (exact) mass is 624 g/mol. The second-order valence-electron chi connectivity index (χ2n) is 11.6. The smallest absolute Gasteiger partial charge is 0.241 e. The summed E-state index contributed by atoms with van der Waals surface area (Å²) < 4.78 is 76.0. The number of anilines is 1. The Kier molecular flexibility index (Phi) is 11.6. The molecule has 2 aromatic carbocycles. The number of carbonyl (C=O) groups is 1. The fraction of sp³-hybridized carbons (Fsp3) is 0.581. The summed E-state index contributed by atoms with van der Waals surface area (Å²) in [6.07, 6.45) is 3.99. The number of carbonyl (C=O) groups excluding carboxylic acids is 1. The van der Waals surface area contributed by atoms with Gasteiger partial charge in [0.05, 0.1) is 17.9 Å². The van der Waals surface area contributed by atoms with E-state index in [1.54, 1.807) is 26.2 Å². The standard InChI is InChI=1S/C31H43F3N4O4S/c1-3-18-43(40,41)38-17-16-36-19-23(38)10-13-25-27(15-14-26(33)29(25)34)37-31(39)30(35)28(20-4-8-22(32)9-5-20)21-6-11-24(42-2)12-7-21/h4-5,8-9,14-15,21,23-24,28,30,36H,3,6-7,10-13,16-19,35H2,1-2H3,(H,37,39)/t21?,23-,24?,28-,30-/m0/s1. The summed E-state index contributed by atoms with van der Waals surface area (Å²) in [5.41, 5.74) is 7.37. The number of amides is 1. The molecule has 238 valence electrons. The summed E-state index contributed by atoms with van der Waals surface area (Å²) >= 11 is 0. The zero-order valence-corrected chi connectivity index (χ0v) is 25.6. The summed E-state index contributed by atoms with van der Waals surface area (Å²) in [5.74, 6) is -3.50. The lowest BCUT2D eigenvalue weighted by atomic mass is 9.72. The minimum absolute atomic E-state index is 0.00135. The van der Waals surface area contributed by atoms with Gasteiger partial charge in [0.1, 0.15) is 5.82 Å². The molecule has 1 amide bonds. The third-order valence-corrected chi connectivity index (χ3v) is 10.9. The number of methoxy groups -OCH3 is 1. The van der Waals surface area contributed by atoms with Crippen LogP contribution in [0.4, 0.5) is 18.9 Å². The number of nitrogens with one attached hydrogen (secondary N) is 2. The van der Waals surface area contributed by atoms with Crippen LogP contribution in [0.3, 0.4) is 0 Å². The van der Waals surface area contributed by atoms with Crippen LogP contribution in [-0.2, 0) is 26.0 Å². The van der Waals surface area contributed by atoms with Gasteiger partial charge < -0.3 is 21.1 Å². The van der Waals surface area contributed by atoms with E-state index in [-0.39, 0.29) is 41.9 Å². The van der Waals surface area contributed by atoms with Crippen molar-refractivity contribution in [1.29, 1.82) is 0 Å². The maximum Gasteiger partial charge on any atom is 0.241 e. The van der Waals surface area contributed by atoms with Crippen molar-refractivity contribution in [2.75, 3.05) is 37.8 Å². The molecule has 0 unspecified atom stereocenters. The molecule has 1 saturated carbocycles. The molecule has 1 heterocycles. The van der Waals surface area contributed by atoms with Crippen LogP contribution in [0.25, 0.3) is 0 Å². The van der Waals surface area contributed by atoms with Gasteiger partial charge in [-0.05, 0) is 80.7 Å². The third-order valence-electron chi connectivity index (χ3n) is 8.80. The molecule has 2 aliphatic rings. The second-order valence-corrected chi connectivity index (χ2v) is 13.6. The molecule has 1 aliphatic carbocycles. The van der Waals surface area contributed by atoms with Gasteiger partial charge in [-0.15, -0.1) is 0 Å². The highest BCUT2D eigenvalue weighted by molar-refractivity contribution is 7.89. The fourth-order valence-corrected chi connectivity index (χ4v) is 8.27. The normalized spacial score (nSPS) is 23.1. The van der Waals surface area contributed by atoms with E-state index in [2.05, 4.69) is 10.6 Å². The molecule has 0 spiro atoms. The summed E-state index contributed by atoms with van der Waals surface area (Å²) in [5, 5.41) is 5.91. The van der Waals surface area contributed by atoms with Gasteiger partial charge in [-0.2, -0.15) is 4.31 Å². The first kappa shape index (κ1) is 33.4. The Morgan fingerprint density at radius 2 is 1.81 bits per heavy atom. The highest BCUT2D eigenvalue weighted by atomic mass is 32.2. The van der Waals surface area contributed by atoms with E-state index in [1.807, 2.05) is 0 Å². The van der Waals surface area contributed by atoms with Gasteiger partial charge >= 0.3 is 0 Å². The first-order valence-corrected chi connectivity index (χ1v) is 16.7. The van der Waals surface area contributed by atoms with Crippen LogP contribution in [0.15, 0.2) is 36.4 Å². The first-order chi connectivity index (χ1) is 20.6. The van der Waals surface area contributed by atoms with Gasteiger partial charge in [-0.25, -0.2) is 21.6 Å². The molecule has 1 saturated heterocycles. The Morgan fingerprint density at radius 1 is 1.12 bits per heavy atom. The van der Waals surface area contributed by atoms with Gasteiger partial charge in [-0.3, -0.25) is 4.79 Å². The molecule has 2 aromatic rings. The molecule has 4 rings (SSSR count). The van der Waals surface area contributed by atoms with Crippen molar-refractivity contribution in [1.82, 2.24) is 9.62 Å². The van der Waals surface area contributed by atoms with Gasteiger partial charge in [0.15, 0.2) is 11.6 Å². The van der Waals surface area contributed by atoms with Crippen molar-refractivity contribution in [2.24, 2.45) is 11.7 Å². The summed E-state index contributed by atoms with van der Waals surface area (Å²) in [7, 11) is -1.82. The average molecular weight is 625 g/mol. The Balaban J connectivity index is 1.55. The van der Waals surface area contributed by atoms with Crippen LogP contribution < -0.4 is 16.4 Å². The molecule has 8 nitrogen and oxygen atoms in total. The number of nitrogens with two attached hydrogens (primary N) is 1. The van der Waals surface area contributed by atoms with Crippen molar-refractivity contribution in [2.45, 2.75) is 76.0 Å². The quantitative estimate of drug-likeness (QED) is 0.325. The van der Waals surface area contributed by atoms with Gasteiger partial charge in [-0.1, -0.05) is 19.1 Å². The number of nitrogens with zero attached hydrogens (tertiary/aromatic N) is 1. The summed E-state index contributed by atoms with van der Waals surface area (Å²) in [6, 6.07) is 6.71. The predicted octanol–water partition coefficient (Wildman–Crippen LogP) is 4.30. The van der Waals surface area contributed by atoms with E-state index in [9.17, 15) is 22.0 Å². The lowest BCUT2D eigenvalue weighted by molar-refractivity contribution is -0.118. The number of hydrogen-bond acceptors (Lipinski definition) is 6. The van der Waals surface area contributed by atoms with Crippen molar-refractivity contribution >= 4 is 21.6 Å².